The van der Waals surface area contributed by atoms with E-state index in [1.54, 1.807) is 23.5 Å². The topological polar surface area (TPSA) is 38.9 Å². The van der Waals surface area contributed by atoms with Crippen LogP contribution in [0.2, 0.25) is 0 Å². The summed E-state index contributed by atoms with van der Waals surface area (Å²) in [6, 6.07) is 14.4. The van der Waals surface area contributed by atoms with Crippen molar-refractivity contribution in [2.24, 2.45) is 0 Å². The van der Waals surface area contributed by atoms with Gasteiger partial charge in [0.2, 0.25) is 0 Å². The first-order valence-corrected chi connectivity index (χ1v) is 8.38. The molecule has 0 radical (unpaired) electrons. The van der Waals surface area contributed by atoms with Crippen LogP contribution in [0.25, 0.3) is 11.3 Å². The van der Waals surface area contributed by atoms with E-state index >= 15 is 0 Å². The molecule has 3 aromatic rings. The van der Waals surface area contributed by atoms with Crippen LogP contribution in [-0.4, -0.2) is 4.98 Å². The van der Waals surface area contributed by atoms with Gasteiger partial charge in [-0.05, 0) is 48.4 Å². The van der Waals surface area contributed by atoms with E-state index < -0.39 is 0 Å². The van der Waals surface area contributed by atoms with E-state index in [0.29, 0.717) is 0 Å². The van der Waals surface area contributed by atoms with Crippen molar-refractivity contribution < 1.29 is 4.39 Å². The molecule has 1 aromatic heterocycles. The molecule has 3 rings (SSSR count). The molecule has 118 valence electrons. The fourth-order valence-electron chi connectivity index (χ4n) is 2.56. The largest absolute Gasteiger partial charge is 0.399 e. The first-order chi connectivity index (χ1) is 10.9. The standard InChI is InChI=1S/C19H19FN2S/c1-19(2,11-13-3-9-16(21)10-4-13)18-22-17(12-23-18)14-5-7-15(20)8-6-14/h3-10,12H,11,21H2,1-2H3. The fourth-order valence-corrected chi connectivity index (χ4v) is 3.51. The number of nitrogens with two attached hydrogens (primary N) is 1. The summed E-state index contributed by atoms with van der Waals surface area (Å²) in [6.07, 6.45) is 0.893. The molecule has 2 aromatic carbocycles. The number of thiazole rings is 1. The van der Waals surface area contributed by atoms with E-state index in [1.807, 2.05) is 17.5 Å². The van der Waals surface area contributed by atoms with Gasteiger partial charge in [-0.15, -0.1) is 11.3 Å². The highest BCUT2D eigenvalue weighted by Crippen LogP contribution is 2.33. The second-order valence-corrected chi connectivity index (χ2v) is 7.21. The maximum absolute atomic E-state index is 13.0. The van der Waals surface area contributed by atoms with Gasteiger partial charge in [0.25, 0.3) is 0 Å². The van der Waals surface area contributed by atoms with Gasteiger partial charge in [-0.1, -0.05) is 26.0 Å². The monoisotopic (exact) mass is 326 g/mol. The van der Waals surface area contributed by atoms with Gasteiger partial charge in [-0.25, -0.2) is 9.37 Å². The van der Waals surface area contributed by atoms with Crippen LogP contribution in [0.5, 0.6) is 0 Å². The summed E-state index contributed by atoms with van der Waals surface area (Å²) in [4.78, 5) is 4.77. The Hall–Kier alpha value is -2.20. The summed E-state index contributed by atoms with van der Waals surface area (Å²) in [5, 5.41) is 3.11. The van der Waals surface area contributed by atoms with E-state index in [4.69, 9.17) is 10.7 Å². The smallest absolute Gasteiger partial charge is 0.123 e. The molecule has 0 spiro atoms. The molecule has 0 amide bonds. The van der Waals surface area contributed by atoms with Gasteiger partial charge in [0, 0.05) is 22.0 Å². The summed E-state index contributed by atoms with van der Waals surface area (Å²) in [5.41, 5.74) is 9.53. The fraction of sp³-hybridized carbons (Fsp3) is 0.211. The maximum Gasteiger partial charge on any atom is 0.123 e. The third-order valence-electron chi connectivity index (χ3n) is 3.85. The summed E-state index contributed by atoms with van der Waals surface area (Å²) < 4.78 is 13.0. The Kier molecular flexibility index (Phi) is 4.18. The lowest BCUT2D eigenvalue weighted by molar-refractivity contribution is 0.519. The predicted molar refractivity (Wildman–Crippen MR) is 95.1 cm³/mol. The minimum atomic E-state index is -0.229. The summed E-state index contributed by atoms with van der Waals surface area (Å²) in [7, 11) is 0. The van der Waals surface area contributed by atoms with Crippen LogP contribution in [0.4, 0.5) is 10.1 Å². The second kappa shape index (κ2) is 6.13. The number of hydrogen-bond donors (Lipinski definition) is 1. The molecular weight excluding hydrogens is 307 g/mol. The molecule has 0 atom stereocenters. The van der Waals surface area contributed by atoms with Crippen molar-refractivity contribution in [3.05, 3.63) is 70.3 Å². The Bertz CT molecular complexity index is 789. The number of aromatic nitrogens is 1. The zero-order valence-electron chi connectivity index (χ0n) is 13.2. The highest BCUT2D eigenvalue weighted by molar-refractivity contribution is 7.10. The van der Waals surface area contributed by atoms with Crippen LogP contribution in [0.3, 0.4) is 0 Å². The van der Waals surface area contributed by atoms with E-state index in [1.165, 1.54) is 17.7 Å². The molecule has 0 fully saturated rings. The van der Waals surface area contributed by atoms with Crippen LogP contribution in [0.1, 0.15) is 24.4 Å². The first-order valence-electron chi connectivity index (χ1n) is 7.50. The average molecular weight is 326 g/mol. The molecule has 1 heterocycles. The molecule has 2 nitrogen and oxygen atoms in total. The van der Waals surface area contributed by atoms with Crippen LogP contribution < -0.4 is 5.73 Å². The Labute approximate surface area is 139 Å². The van der Waals surface area contributed by atoms with Crippen LogP contribution in [-0.2, 0) is 11.8 Å². The summed E-state index contributed by atoms with van der Waals surface area (Å²) in [5.74, 6) is -0.229. The minimum absolute atomic E-state index is 0.0704. The zero-order chi connectivity index (χ0) is 16.4. The van der Waals surface area contributed by atoms with E-state index in [2.05, 4.69) is 26.0 Å². The molecule has 0 saturated heterocycles. The van der Waals surface area contributed by atoms with E-state index in [0.717, 1.165) is 28.4 Å². The van der Waals surface area contributed by atoms with Crippen molar-refractivity contribution in [3.8, 4) is 11.3 Å². The lowest BCUT2D eigenvalue weighted by Crippen LogP contribution is -2.20. The van der Waals surface area contributed by atoms with Crippen molar-refractivity contribution in [2.75, 3.05) is 5.73 Å². The number of nitrogen functional groups attached to an aromatic ring is 1. The van der Waals surface area contributed by atoms with Crippen LogP contribution in [0, 0.1) is 5.82 Å². The third-order valence-corrected chi connectivity index (χ3v) is 5.06. The molecule has 0 bridgehead atoms. The molecule has 0 aliphatic carbocycles. The molecule has 4 heteroatoms. The molecule has 2 N–H and O–H groups in total. The maximum atomic E-state index is 13.0. The van der Waals surface area contributed by atoms with Gasteiger partial charge in [0.1, 0.15) is 5.82 Å². The van der Waals surface area contributed by atoms with Crippen molar-refractivity contribution >= 4 is 17.0 Å². The number of nitrogens with zero attached hydrogens (tertiary/aromatic N) is 1. The lowest BCUT2D eigenvalue weighted by atomic mass is 9.86. The quantitative estimate of drug-likeness (QED) is 0.681. The average Bonchev–Trinajstić information content (AvgIpc) is 3.01. The Morgan fingerprint density at radius 1 is 1.04 bits per heavy atom. The SMILES string of the molecule is CC(C)(Cc1ccc(N)cc1)c1nc(-c2ccc(F)cc2)cs1. The van der Waals surface area contributed by atoms with E-state index in [-0.39, 0.29) is 11.2 Å². The Morgan fingerprint density at radius 3 is 2.35 bits per heavy atom. The molecule has 0 aliphatic rings. The molecule has 0 saturated carbocycles. The minimum Gasteiger partial charge on any atom is -0.399 e. The van der Waals surface area contributed by atoms with Gasteiger partial charge in [0.05, 0.1) is 10.7 Å². The van der Waals surface area contributed by atoms with Crippen molar-refractivity contribution in [1.29, 1.82) is 0 Å². The normalized spacial score (nSPS) is 11.6. The number of anilines is 1. The number of rotatable bonds is 4. The number of hydrogen-bond acceptors (Lipinski definition) is 3. The van der Waals surface area contributed by atoms with Crippen LogP contribution in [0.15, 0.2) is 53.9 Å². The zero-order valence-corrected chi connectivity index (χ0v) is 14.0. The summed E-state index contributed by atoms with van der Waals surface area (Å²) >= 11 is 1.65. The molecule has 0 aliphatic heterocycles. The van der Waals surface area contributed by atoms with Gasteiger partial charge in [0.15, 0.2) is 0 Å². The van der Waals surface area contributed by atoms with Gasteiger partial charge in [-0.2, -0.15) is 0 Å². The predicted octanol–water partition coefficient (Wildman–Crippen LogP) is 5.05. The second-order valence-electron chi connectivity index (χ2n) is 6.35. The molecule has 0 unspecified atom stereocenters. The number of benzene rings is 2. The molecular formula is C19H19FN2S. The van der Waals surface area contributed by atoms with Gasteiger partial charge in [-0.3, -0.25) is 0 Å². The van der Waals surface area contributed by atoms with Crippen molar-refractivity contribution in [3.63, 3.8) is 0 Å². The van der Waals surface area contributed by atoms with E-state index in [9.17, 15) is 4.39 Å². The first kappa shape index (κ1) is 15.7. The van der Waals surface area contributed by atoms with Gasteiger partial charge >= 0.3 is 0 Å². The highest BCUT2D eigenvalue weighted by atomic mass is 32.1. The highest BCUT2D eigenvalue weighted by Gasteiger charge is 2.25. The van der Waals surface area contributed by atoms with Crippen molar-refractivity contribution in [2.45, 2.75) is 25.7 Å². The van der Waals surface area contributed by atoms with Crippen LogP contribution >= 0.6 is 11.3 Å². The Morgan fingerprint density at radius 2 is 1.70 bits per heavy atom. The van der Waals surface area contributed by atoms with Crippen molar-refractivity contribution in [1.82, 2.24) is 4.98 Å². The third kappa shape index (κ3) is 3.59. The lowest BCUT2D eigenvalue weighted by Gasteiger charge is -2.22. The van der Waals surface area contributed by atoms with Gasteiger partial charge < -0.3 is 5.73 Å². The Balaban J connectivity index is 1.83. The summed E-state index contributed by atoms with van der Waals surface area (Å²) in [6.45, 7) is 4.38. The molecule has 23 heavy (non-hydrogen) atoms. The number of halogens is 1.